The summed E-state index contributed by atoms with van der Waals surface area (Å²) in [6.45, 7) is 6.06. The summed E-state index contributed by atoms with van der Waals surface area (Å²) in [5, 5.41) is 11.4. The number of hydrogen-bond acceptors (Lipinski definition) is 7. The van der Waals surface area contributed by atoms with Gasteiger partial charge in [-0.05, 0) is 44.8 Å². The van der Waals surface area contributed by atoms with E-state index in [-0.39, 0.29) is 30.5 Å². The summed E-state index contributed by atoms with van der Waals surface area (Å²) in [5.74, 6) is 1.16. The van der Waals surface area contributed by atoms with Gasteiger partial charge in [-0.15, -0.1) is 12.4 Å². The Balaban J connectivity index is 0.00000300. The standard InChI is InChI=1S/C18H27N3O6S.ClH/c1-14-4-8-20(9-5-14)7-2-6-19-28(24,25)18-13-17-16(12-15(18)21(22)23)26-10-3-11-27-17;/h12-14,19H,2-11H2,1H3;1H. The van der Waals surface area contributed by atoms with Crippen LogP contribution in [0.3, 0.4) is 0 Å². The Morgan fingerprint density at radius 2 is 1.83 bits per heavy atom. The molecule has 0 atom stereocenters. The largest absolute Gasteiger partial charge is 0.490 e. The van der Waals surface area contributed by atoms with Gasteiger partial charge in [-0.2, -0.15) is 0 Å². The molecule has 0 unspecified atom stereocenters. The van der Waals surface area contributed by atoms with E-state index in [1.165, 1.54) is 6.07 Å². The molecule has 2 aliphatic heterocycles. The highest BCUT2D eigenvalue weighted by molar-refractivity contribution is 7.89. The Labute approximate surface area is 177 Å². The van der Waals surface area contributed by atoms with Crippen LogP contribution in [0.15, 0.2) is 17.0 Å². The molecule has 1 N–H and O–H groups in total. The van der Waals surface area contributed by atoms with Gasteiger partial charge in [0.15, 0.2) is 16.4 Å². The predicted octanol–water partition coefficient (Wildman–Crippen LogP) is 2.58. The fourth-order valence-electron chi connectivity index (χ4n) is 3.41. The Morgan fingerprint density at radius 1 is 1.21 bits per heavy atom. The minimum Gasteiger partial charge on any atom is -0.490 e. The lowest BCUT2D eigenvalue weighted by molar-refractivity contribution is -0.387. The van der Waals surface area contributed by atoms with Crippen LogP contribution in [-0.4, -0.2) is 57.6 Å². The maximum atomic E-state index is 12.7. The number of rotatable bonds is 7. The number of nitro groups is 1. The third-order valence-electron chi connectivity index (χ3n) is 5.13. The van der Waals surface area contributed by atoms with E-state index in [1.54, 1.807) is 0 Å². The topological polar surface area (TPSA) is 111 Å². The molecule has 0 bridgehead atoms. The second-order valence-electron chi connectivity index (χ2n) is 7.35. The van der Waals surface area contributed by atoms with E-state index in [9.17, 15) is 18.5 Å². The normalized spacial score (nSPS) is 18.0. The first kappa shape index (κ1) is 23.7. The van der Waals surface area contributed by atoms with Crippen molar-refractivity contribution < 1.29 is 22.8 Å². The van der Waals surface area contributed by atoms with Crippen molar-refractivity contribution in [2.45, 2.75) is 37.5 Å². The van der Waals surface area contributed by atoms with Crippen LogP contribution in [0.1, 0.15) is 32.6 Å². The molecular formula is C18H28ClN3O6S. The quantitative estimate of drug-likeness (QED) is 0.387. The molecule has 3 rings (SSSR count). The third-order valence-corrected chi connectivity index (χ3v) is 6.62. The maximum Gasteiger partial charge on any atom is 0.293 e. The molecular weight excluding hydrogens is 422 g/mol. The van der Waals surface area contributed by atoms with Crippen LogP contribution in [0.4, 0.5) is 5.69 Å². The molecule has 0 aliphatic carbocycles. The number of benzene rings is 1. The number of ether oxygens (including phenoxy) is 2. The van der Waals surface area contributed by atoms with Gasteiger partial charge in [-0.3, -0.25) is 10.1 Å². The Hall–Kier alpha value is -1.62. The molecule has 0 spiro atoms. The number of halogens is 1. The van der Waals surface area contributed by atoms with Crippen molar-refractivity contribution in [3.63, 3.8) is 0 Å². The van der Waals surface area contributed by atoms with Gasteiger partial charge in [0.1, 0.15) is 0 Å². The van der Waals surface area contributed by atoms with E-state index >= 15 is 0 Å². The molecule has 1 fully saturated rings. The van der Waals surface area contributed by atoms with Gasteiger partial charge in [-0.1, -0.05) is 6.92 Å². The lowest BCUT2D eigenvalue weighted by Gasteiger charge is -2.30. The van der Waals surface area contributed by atoms with Gasteiger partial charge >= 0.3 is 0 Å². The number of sulfonamides is 1. The monoisotopic (exact) mass is 449 g/mol. The second-order valence-corrected chi connectivity index (χ2v) is 9.09. The van der Waals surface area contributed by atoms with Crippen LogP contribution in [0.25, 0.3) is 0 Å². The molecule has 1 aromatic rings. The Morgan fingerprint density at radius 3 is 2.45 bits per heavy atom. The number of nitro benzene ring substituents is 1. The van der Waals surface area contributed by atoms with E-state index in [2.05, 4.69) is 16.5 Å². The Kier molecular flexibility index (Phi) is 8.50. The third kappa shape index (κ3) is 6.18. The van der Waals surface area contributed by atoms with Gasteiger partial charge in [0.2, 0.25) is 10.0 Å². The van der Waals surface area contributed by atoms with Crippen molar-refractivity contribution >= 4 is 28.1 Å². The SMILES string of the molecule is CC1CCN(CCCNS(=O)(=O)c2cc3c(cc2[N+](=O)[O-])OCCCO3)CC1.Cl. The van der Waals surface area contributed by atoms with Crippen LogP contribution >= 0.6 is 12.4 Å². The number of hydrogen-bond donors (Lipinski definition) is 1. The minimum atomic E-state index is -4.04. The smallest absolute Gasteiger partial charge is 0.293 e. The van der Waals surface area contributed by atoms with Crippen molar-refractivity contribution in [3.05, 3.63) is 22.2 Å². The number of likely N-dealkylation sites (tertiary alicyclic amines) is 1. The Bertz CT molecular complexity index is 812. The second kappa shape index (κ2) is 10.4. The van der Waals surface area contributed by atoms with Crippen LogP contribution in [0.2, 0.25) is 0 Å². The summed E-state index contributed by atoms with van der Waals surface area (Å²) in [7, 11) is -4.04. The lowest BCUT2D eigenvalue weighted by atomic mass is 9.99. The van der Waals surface area contributed by atoms with Crippen molar-refractivity contribution in [3.8, 4) is 11.5 Å². The van der Waals surface area contributed by atoms with Gasteiger partial charge in [-0.25, -0.2) is 13.1 Å². The fraction of sp³-hybridized carbons (Fsp3) is 0.667. The van der Waals surface area contributed by atoms with E-state index in [1.807, 2.05) is 0 Å². The molecule has 164 valence electrons. The molecule has 0 amide bonds. The number of piperidine rings is 1. The van der Waals surface area contributed by atoms with E-state index in [0.717, 1.165) is 44.5 Å². The van der Waals surface area contributed by atoms with Gasteiger partial charge in [0.25, 0.3) is 5.69 Å². The molecule has 0 saturated carbocycles. The highest BCUT2D eigenvalue weighted by Crippen LogP contribution is 2.38. The summed E-state index contributed by atoms with van der Waals surface area (Å²) in [6, 6.07) is 2.32. The van der Waals surface area contributed by atoms with Gasteiger partial charge in [0, 0.05) is 19.0 Å². The van der Waals surface area contributed by atoms with Crippen molar-refractivity contribution in [1.29, 1.82) is 0 Å². The summed E-state index contributed by atoms with van der Waals surface area (Å²) < 4.78 is 38.8. The highest BCUT2D eigenvalue weighted by atomic mass is 35.5. The van der Waals surface area contributed by atoms with Crippen molar-refractivity contribution in [2.24, 2.45) is 5.92 Å². The first-order chi connectivity index (χ1) is 13.4. The summed E-state index contributed by atoms with van der Waals surface area (Å²) in [4.78, 5) is 12.6. The molecule has 2 heterocycles. The molecule has 0 radical (unpaired) electrons. The fourth-order valence-corrected chi connectivity index (χ4v) is 4.65. The maximum absolute atomic E-state index is 12.7. The summed E-state index contributed by atoms with van der Waals surface area (Å²) in [6.07, 6.45) is 3.59. The first-order valence-electron chi connectivity index (χ1n) is 9.67. The zero-order valence-electron chi connectivity index (χ0n) is 16.5. The highest BCUT2D eigenvalue weighted by Gasteiger charge is 2.29. The summed E-state index contributed by atoms with van der Waals surface area (Å²) >= 11 is 0. The number of fused-ring (bicyclic) bond motifs is 1. The van der Waals surface area contributed by atoms with Crippen molar-refractivity contribution in [1.82, 2.24) is 9.62 Å². The van der Waals surface area contributed by atoms with Gasteiger partial charge in [0.05, 0.1) is 24.2 Å². The van der Waals surface area contributed by atoms with E-state index in [0.29, 0.717) is 26.1 Å². The van der Waals surface area contributed by atoms with Crippen LogP contribution in [0, 0.1) is 16.0 Å². The van der Waals surface area contributed by atoms with Crippen LogP contribution < -0.4 is 14.2 Å². The average Bonchev–Trinajstić information content (AvgIpc) is 2.90. The van der Waals surface area contributed by atoms with Crippen LogP contribution in [0.5, 0.6) is 11.5 Å². The van der Waals surface area contributed by atoms with E-state index in [4.69, 9.17) is 9.47 Å². The first-order valence-corrected chi connectivity index (χ1v) is 11.1. The zero-order valence-corrected chi connectivity index (χ0v) is 18.1. The van der Waals surface area contributed by atoms with E-state index < -0.39 is 25.5 Å². The molecule has 0 aromatic heterocycles. The molecule has 1 aromatic carbocycles. The zero-order chi connectivity index (χ0) is 20.1. The molecule has 29 heavy (non-hydrogen) atoms. The summed E-state index contributed by atoms with van der Waals surface area (Å²) in [5.41, 5.74) is -0.512. The van der Waals surface area contributed by atoms with Gasteiger partial charge < -0.3 is 14.4 Å². The number of nitrogens with one attached hydrogen (secondary N) is 1. The minimum absolute atomic E-state index is 0. The lowest BCUT2D eigenvalue weighted by Crippen LogP contribution is -2.35. The van der Waals surface area contributed by atoms with Crippen molar-refractivity contribution in [2.75, 3.05) is 39.4 Å². The molecule has 9 nitrogen and oxygen atoms in total. The average molecular weight is 450 g/mol. The molecule has 11 heteroatoms. The van der Waals surface area contributed by atoms with Crippen LogP contribution in [-0.2, 0) is 10.0 Å². The predicted molar refractivity (Wildman–Crippen MR) is 111 cm³/mol. The molecule has 2 aliphatic rings. The molecule has 1 saturated heterocycles. The number of nitrogens with zero attached hydrogens (tertiary/aromatic N) is 2.